The Balaban J connectivity index is 4.50. The Morgan fingerprint density at radius 2 is 1.58 bits per heavy atom. The lowest BCUT2D eigenvalue weighted by Crippen LogP contribution is -2.47. The van der Waals surface area contributed by atoms with E-state index in [1.165, 1.54) is 6.92 Å². The van der Waals surface area contributed by atoms with Gasteiger partial charge >= 0.3 is 5.92 Å². The molecular weight excluding hydrogens is 301 g/mol. The summed E-state index contributed by atoms with van der Waals surface area (Å²) in [4.78, 5) is 10.8. The van der Waals surface area contributed by atoms with Gasteiger partial charge in [0.15, 0.2) is 11.8 Å². The van der Waals surface area contributed by atoms with Crippen LogP contribution >= 0.6 is 11.8 Å². The van der Waals surface area contributed by atoms with Crippen molar-refractivity contribution in [3.8, 4) is 0 Å². The molecule has 2 atom stereocenters. The fourth-order valence-corrected chi connectivity index (χ4v) is 1.85. The SMILES string of the molecule is CCC(=O)SCCC(F)(F)C(F)C(F)C(F)(F)CF. The fourth-order valence-electron chi connectivity index (χ4n) is 1.04. The molecule has 2 unspecified atom stereocenters. The van der Waals surface area contributed by atoms with Gasteiger partial charge in [0.2, 0.25) is 12.3 Å². The second-order valence-corrected chi connectivity index (χ2v) is 4.94. The van der Waals surface area contributed by atoms with Gasteiger partial charge < -0.3 is 0 Å². The number of rotatable bonds is 8. The molecule has 0 bridgehead atoms. The maximum Gasteiger partial charge on any atom is 0.309 e. The van der Waals surface area contributed by atoms with E-state index >= 15 is 0 Å². The number of alkyl halides is 7. The topological polar surface area (TPSA) is 17.1 Å². The van der Waals surface area contributed by atoms with E-state index < -0.39 is 48.2 Å². The molecule has 0 aromatic rings. The second kappa shape index (κ2) is 7.35. The Morgan fingerprint density at radius 3 is 2.00 bits per heavy atom. The van der Waals surface area contributed by atoms with Gasteiger partial charge in [-0.25, -0.2) is 30.7 Å². The van der Waals surface area contributed by atoms with Crippen molar-refractivity contribution in [3.05, 3.63) is 0 Å². The molecule has 0 fully saturated rings. The van der Waals surface area contributed by atoms with Crippen LogP contribution < -0.4 is 0 Å². The van der Waals surface area contributed by atoms with Gasteiger partial charge in [-0.2, -0.15) is 0 Å². The molecule has 0 amide bonds. The number of hydrogen-bond acceptors (Lipinski definition) is 2. The summed E-state index contributed by atoms with van der Waals surface area (Å²) < 4.78 is 88.6. The Bertz CT molecular complexity index is 298. The van der Waals surface area contributed by atoms with Gasteiger partial charge in [-0.3, -0.25) is 4.79 Å². The van der Waals surface area contributed by atoms with Crippen molar-refractivity contribution >= 4 is 16.9 Å². The molecule has 0 radical (unpaired) electrons. The van der Waals surface area contributed by atoms with E-state index in [1.807, 2.05) is 0 Å². The maximum absolute atomic E-state index is 13.1. The van der Waals surface area contributed by atoms with E-state index in [9.17, 15) is 35.5 Å². The van der Waals surface area contributed by atoms with Crippen molar-refractivity contribution in [2.75, 3.05) is 12.4 Å². The highest BCUT2D eigenvalue weighted by Gasteiger charge is 2.55. The molecule has 0 aromatic heterocycles. The minimum Gasteiger partial charge on any atom is -0.287 e. The standard InChI is InChI=1S/C10H13F7OS/c1-2-6(18)19-4-3-9(14,15)7(12)8(13)10(16,17)5-11/h7-8H,2-5H2,1H3. The zero-order valence-corrected chi connectivity index (χ0v) is 10.8. The van der Waals surface area contributed by atoms with Gasteiger partial charge in [-0.15, -0.1) is 0 Å². The zero-order chi connectivity index (χ0) is 15.3. The molecule has 0 saturated heterocycles. The molecule has 0 aromatic carbocycles. The summed E-state index contributed by atoms with van der Waals surface area (Å²) in [6, 6.07) is 0. The number of thioether (sulfide) groups is 1. The van der Waals surface area contributed by atoms with E-state index in [1.54, 1.807) is 0 Å². The normalized spacial score (nSPS) is 16.2. The summed E-state index contributed by atoms with van der Waals surface area (Å²) in [5.41, 5.74) is 0. The first-order valence-electron chi connectivity index (χ1n) is 5.33. The van der Waals surface area contributed by atoms with E-state index in [-0.39, 0.29) is 6.42 Å². The molecule has 0 aliphatic heterocycles. The monoisotopic (exact) mass is 314 g/mol. The van der Waals surface area contributed by atoms with Gasteiger partial charge in [0.25, 0.3) is 5.92 Å². The second-order valence-electron chi connectivity index (χ2n) is 3.78. The summed E-state index contributed by atoms with van der Waals surface area (Å²) >= 11 is 0.476. The van der Waals surface area contributed by atoms with Gasteiger partial charge in [0.05, 0.1) is 0 Å². The van der Waals surface area contributed by atoms with E-state index in [2.05, 4.69) is 0 Å². The summed E-state index contributed by atoms with van der Waals surface area (Å²) in [6.07, 6.45) is -8.97. The zero-order valence-electron chi connectivity index (χ0n) is 9.95. The first kappa shape index (κ1) is 18.5. The number of carbonyl (C=O) groups excluding carboxylic acids is 1. The molecule has 114 valence electrons. The van der Waals surface area contributed by atoms with Crippen LogP contribution in [-0.2, 0) is 4.79 Å². The van der Waals surface area contributed by atoms with Gasteiger partial charge in [0.1, 0.15) is 0 Å². The maximum atomic E-state index is 13.1. The lowest BCUT2D eigenvalue weighted by Gasteiger charge is -2.26. The molecule has 0 spiro atoms. The lowest BCUT2D eigenvalue weighted by molar-refractivity contribution is -0.171. The van der Waals surface area contributed by atoms with Crippen molar-refractivity contribution in [2.45, 2.75) is 44.0 Å². The Hall–Kier alpha value is -0.470. The van der Waals surface area contributed by atoms with Crippen molar-refractivity contribution in [2.24, 2.45) is 0 Å². The van der Waals surface area contributed by atoms with Crippen LogP contribution in [0.5, 0.6) is 0 Å². The smallest absolute Gasteiger partial charge is 0.287 e. The number of halogens is 7. The summed E-state index contributed by atoms with van der Waals surface area (Å²) in [6.45, 7) is -1.08. The van der Waals surface area contributed by atoms with Crippen molar-refractivity contribution in [1.29, 1.82) is 0 Å². The van der Waals surface area contributed by atoms with E-state index in [4.69, 9.17) is 0 Å². The molecule has 0 N–H and O–H groups in total. The highest BCUT2D eigenvalue weighted by Crippen LogP contribution is 2.36. The lowest BCUT2D eigenvalue weighted by atomic mass is 10.0. The third-order valence-electron chi connectivity index (χ3n) is 2.23. The van der Waals surface area contributed by atoms with Crippen LogP contribution in [0, 0.1) is 0 Å². The van der Waals surface area contributed by atoms with Crippen LogP contribution in [-0.4, -0.2) is 41.7 Å². The Morgan fingerprint density at radius 1 is 1.11 bits per heavy atom. The molecule has 9 heteroatoms. The van der Waals surface area contributed by atoms with Crippen LogP contribution in [0.4, 0.5) is 30.7 Å². The predicted molar refractivity (Wildman–Crippen MR) is 58.0 cm³/mol. The molecule has 0 aliphatic carbocycles. The predicted octanol–water partition coefficient (Wildman–Crippen LogP) is 3.96. The van der Waals surface area contributed by atoms with Crippen LogP contribution in [0.3, 0.4) is 0 Å². The van der Waals surface area contributed by atoms with E-state index in [0.717, 1.165) is 0 Å². The summed E-state index contributed by atoms with van der Waals surface area (Å²) in [7, 11) is 0. The molecular formula is C10H13F7OS. The van der Waals surface area contributed by atoms with Crippen molar-refractivity contribution in [1.82, 2.24) is 0 Å². The minimum absolute atomic E-state index is 0.0704. The van der Waals surface area contributed by atoms with Gasteiger partial charge in [-0.05, 0) is 0 Å². The number of hydrogen-bond donors (Lipinski definition) is 0. The average Bonchev–Trinajstić information content (AvgIpc) is 2.36. The fraction of sp³-hybridized carbons (Fsp3) is 0.900. The summed E-state index contributed by atoms with van der Waals surface area (Å²) in [5, 5.41) is -0.433. The average molecular weight is 314 g/mol. The Kier molecular flexibility index (Phi) is 7.17. The minimum atomic E-state index is -4.80. The molecule has 0 rings (SSSR count). The largest absolute Gasteiger partial charge is 0.309 e. The quantitative estimate of drug-likeness (QED) is 0.631. The first-order valence-corrected chi connectivity index (χ1v) is 6.32. The van der Waals surface area contributed by atoms with Crippen molar-refractivity contribution in [3.63, 3.8) is 0 Å². The van der Waals surface area contributed by atoms with Crippen LogP contribution in [0.25, 0.3) is 0 Å². The molecule has 0 saturated carbocycles. The third-order valence-corrected chi connectivity index (χ3v) is 3.25. The molecule has 0 aliphatic rings. The van der Waals surface area contributed by atoms with Gasteiger partial charge in [0, 0.05) is 18.6 Å². The molecule has 0 heterocycles. The van der Waals surface area contributed by atoms with Crippen LogP contribution in [0.1, 0.15) is 19.8 Å². The first-order chi connectivity index (χ1) is 8.58. The van der Waals surface area contributed by atoms with E-state index in [0.29, 0.717) is 11.8 Å². The highest BCUT2D eigenvalue weighted by atomic mass is 32.2. The van der Waals surface area contributed by atoms with Gasteiger partial charge in [-0.1, -0.05) is 18.7 Å². The van der Waals surface area contributed by atoms with Crippen LogP contribution in [0.15, 0.2) is 0 Å². The van der Waals surface area contributed by atoms with Crippen LogP contribution in [0.2, 0.25) is 0 Å². The summed E-state index contributed by atoms with van der Waals surface area (Å²) in [5.74, 6) is -9.72. The van der Waals surface area contributed by atoms with Crippen molar-refractivity contribution < 1.29 is 35.5 Å². The molecule has 19 heavy (non-hydrogen) atoms. The molecule has 1 nitrogen and oxygen atoms in total. The highest BCUT2D eigenvalue weighted by molar-refractivity contribution is 8.13. The Labute approximate surface area is 109 Å². The third kappa shape index (κ3) is 5.58. The number of carbonyl (C=O) groups is 1.